The average Bonchev–Trinajstić information content (AvgIpc) is 2.18. The molecule has 1 heterocycles. The first-order valence-electron chi connectivity index (χ1n) is 6.46. The predicted molar refractivity (Wildman–Crippen MR) is 87.0 cm³/mol. The maximum absolute atomic E-state index is 6.48. The molecule has 0 N–H and O–H groups in total. The van der Waals surface area contributed by atoms with Gasteiger partial charge in [-0.3, -0.25) is 0 Å². The summed E-state index contributed by atoms with van der Waals surface area (Å²) in [7, 11) is -1.73. The second-order valence-corrected chi connectivity index (χ2v) is 13.9. The van der Waals surface area contributed by atoms with Gasteiger partial charge in [0.25, 0.3) is 0 Å². The van der Waals surface area contributed by atoms with Gasteiger partial charge in [-0.2, -0.15) is 0 Å². The van der Waals surface area contributed by atoms with E-state index < -0.39 is 8.32 Å². The van der Waals surface area contributed by atoms with Crippen molar-refractivity contribution in [1.82, 2.24) is 0 Å². The van der Waals surface area contributed by atoms with E-state index in [9.17, 15) is 0 Å². The van der Waals surface area contributed by atoms with Crippen LogP contribution in [0.5, 0.6) is 0 Å². The highest BCUT2D eigenvalue weighted by atomic mass is 79.9. The van der Waals surface area contributed by atoms with Crippen molar-refractivity contribution in [2.24, 2.45) is 0 Å². The SMILES string of the molecule is CC(C)(C)[Si](C)(C)O[C@H]1CCCO[C@@H]1C=C(Br)Br. The van der Waals surface area contributed by atoms with Gasteiger partial charge in [0.15, 0.2) is 8.32 Å². The van der Waals surface area contributed by atoms with Gasteiger partial charge in [-0.05, 0) is 68.9 Å². The van der Waals surface area contributed by atoms with Crippen molar-refractivity contribution in [3.63, 3.8) is 0 Å². The van der Waals surface area contributed by atoms with Crippen LogP contribution in [0.2, 0.25) is 18.1 Å². The lowest BCUT2D eigenvalue weighted by molar-refractivity contribution is -0.0420. The summed E-state index contributed by atoms with van der Waals surface area (Å²) < 4.78 is 13.2. The van der Waals surface area contributed by atoms with E-state index >= 15 is 0 Å². The van der Waals surface area contributed by atoms with Gasteiger partial charge < -0.3 is 9.16 Å². The Balaban J connectivity index is 2.77. The maximum atomic E-state index is 6.48. The summed E-state index contributed by atoms with van der Waals surface area (Å²) in [6.45, 7) is 12.2. The van der Waals surface area contributed by atoms with Gasteiger partial charge in [0.05, 0.1) is 9.50 Å². The number of hydrogen-bond acceptors (Lipinski definition) is 2. The fraction of sp³-hybridized carbons (Fsp3) is 0.846. The predicted octanol–water partition coefficient (Wildman–Crippen LogP) is 5.19. The summed E-state index contributed by atoms with van der Waals surface area (Å²) in [5.41, 5.74) is 0. The van der Waals surface area contributed by atoms with Crippen LogP contribution in [0, 0.1) is 0 Å². The van der Waals surface area contributed by atoms with E-state index in [1.165, 1.54) is 0 Å². The Hall–Kier alpha value is 0.837. The minimum atomic E-state index is -1.73. The third kappa shape index (κ3) is 4.74. The Labute approximate surface area is 129 Å². The highest BCUT2D eigenvalue weighted by Gasteiger charge is 2.41. The Morgan fingerprint density at radius 1 is 1.33 bits per heavy atom. The second-order valence-electron chi connectivity index (χ2n) is 6.35. The lowest BCUT2D eigenvalue weighted by atomic mass is 10.1. The van der Waals surface area contributed by atoms with Crippen molar-refractivity contribution in [3.8, 4) is 0 Å². The molecule has 0 saturated carbocycles. The summed E-state index contributed by atoms with van der Waals surface area (Å²) in [5.74, 6) is 0. The molecule has 0 spiro atoms. The standard InChI is InChI=1S/C13H24Br2O2Si/c1-13(2,3)18(4,5)17-10-7-6-8-16-11(10)9-12(14)15/h9-11H,6-8H2,1-5H3/t10-,11+/m0/s1. The van der Waals surface area contributed by atoms with Crippen LogP contribution in [-0.4, -0.2) is 27.1 Å². The Morgan fingerprint density at radius 2 is 1.94 bits per heavy atom. The van der Waals surface area contributed by atoms with Gasteiger partial charge in [0.1, 0.15) is 6.10 Å². The molecule has 1 aliphatic heterocycles. The molecule has 2 nitrogen and oxygen atoms in total. The molecule has 2 atom stereocenters. The van der Waals surface area contributed by atoms with E-state index in [2.05, 4.69) is 71.8 Å². The summed E-state index contributed by atoms with van der Waals surface area (Å²) >= 11 is 6.82. The van der Waals surface area contributed by atoms with E-state index in [4.69, 9.17) is 9.16 Å². The minimum absolute atomic E-state index is 0.0571. The molecule has 0 aromatic carbocycles. The minimum Gasteiger partial charge on any atom is -0.411 e. The van der Waals surface area contributed by atoms with Crippen LogP contribution in [0.3, 0.4) is 0 Å². The number of rotatable bonds is 3. The van der Waals surface area contributed by atoms with Crippen molar-refractivity contribution < 1.29 is 9.16 Å². The van der Waals surface area contributed by atoms with Crippen LogP contribution in [0.1, 0.15) is 33.6 Å². The summed E-state index contributed by atoms with van der Waals surface area (Å²) in [6, 6.07) is 0. The molecule has 0 amide bonds. The second kappa shape index (κ2) is 6.53. The number of hydrogen-bond donors (Lipinski definition) is 0. The summed E-state index contributed by atoms with van der Waals surface area (Å²) in [5, 5.41) is 0.240. The van der Waals surface area contributed by atoms with Crippen molar-refractivity contribution in [1.29, 1.82) is 0 Å². The molecule has 0 aromatic heterocycles. The molecule has 106 valence electrons. The van der Waals surface area contributed by atoms with E-state index in [-0.39, 0.29) is 17.2 Å². The van der Waals surface area contributed by atoms with Gasteiger partial charge in [0, 0.05) is 6.61 Å². The molecule has 0 aromatic rings. The van der Waals surface area contributed by atoms with E-state index in [1.54, 1.807) is 0 Å². The molecular weight excluding hydrogens is 376 g/mol. The fourth-order valence-corrected chi connectivity index (χ4v) is 3.62. The quantitative estimate of drug-likeness (QED) is 0.608. The Kier molecular flexibility index (Phi) is 6.12. The van der Waals surface area contributed by atoms with E-state index in [0.29, 0.717) is 0 Å². The molecule has 0 aliphatic carbocycles. The van der Waals surface area contributed by atoms with Crippen LogP contribution in [-0.2, 0) is 9.16 Å². The normalized spacial score (nSPS) is 25.9. The van der Waals surface area contributed by atoms with Crippen molar-refractivity contribution in [2.45, 2.75) is 64.0 Å². The Morgan fingerprint density at radius 3 is 2.44 bits per heavy atom. The molecular formula is C13H24Br2O2Si. The maximum Gasteiger partial charge on any atom is 0.192 e. The number of ether oxygens (including phenoxy) is 1. The summed E-state index contributed by atoms with van der Waals surface area (Å²) in [4.78, 5) is 0. The van der Waals surface area contributed by atoms with Gasteiger partial charge in [-0.25, -0.2) is 0 Å². The molecule has 18 heavy (non-hydrogen) atoms. The first kappa shape index (κ1) is 16.9. The molecule has 1 rings (SSSR count). The molecule has 1 aliphatic rings. The van der Waals surface area contributed by atoms with Gasteiger partial charge in [-0.1, -0.05) is 20.8 Å². The molecule has 0 radical (unpaired) electrons. The van der Waals surface area contributed by atoms with Gasteiger partial charge in [-0.15, -0.1) is 0 Å². The van der Waals surface area contributed by atoms with Gasteiger partial charge in [0.2, 0.25) is 0 Å². The lowest BCUT2D eigenvalue weighted by Crippen LogP contribution is -2.48. The zero-order valence-electron chi connectivity index (χ0n) is 11.9. The van der Waals surface area contributed by atoms with E-state index in [0.717, 1.165) is 22.8 Å². The molecule has 1 fully saturated rings. The van der Waals surface area contributed by atoms with Crippen LogP contribution in [0.25, 0.3) is 0 Å². The number of halogens is 2. The summed E-state index contributed by atoms with van der Waals surface area (Å²) in [6.07, 6.45) is 4.47. The zero-order chi connectivity index (χ0) is 14.0. The largest absolute Gasteiger partial charge is 0.411 e. The topological polar surface area (TPSA) is 18.5 Å². The van der Waals surface area contributed by atoms with Crippen molar-refractivity contribution in [3.05, 3.63) is 9.47 Å². The Bertz CT molecular complexity index is 307. The smallest absolute Gasteiger partial charge is 0.192 e. The third-order valence-electron chi connectivity index (χ3n) is 3.85. The van der Waals surface area contributed by atoms with Crippen LogP contribution >= 0.6 is 31.9 Å². The molecule has 0 bridgehead atoms. The first-order chi connectivity index (χ1) is 8.13. The average molecular weight is 400 g/mol. The lowest BCUT2D eigenvalue weighted by Gasteiger charge is -2.42. The zero-order valence-corrected chi connectivity index (χ0v) is 16.1. The van der Waals surface area contributed by atoms with E-state index in [1.807, 2.05) is 0 Å². The van der Waals surface area contributed by atoms with Crippen molar-refractivity contribution >= 4 is 40.2 Å². The first-order valence-corrected chi connectivity index (χ1v) is 11.0. The van der Waals surface area contributed by atoms with Crippen LogP contribution in [0.4, 0.5) is 0 Å². The third-order valence-corrected chi connectivity index (χ3v) is 8.89. The monoisotopic (exact) mass is 398 g/mol. The highest BCUT2D eigenvalue weighted by Crippen LogP contribution is 2.39. The van der Waals surface area contributed by atoms with Crippen LogP contribution < -0.4 is 0 Å². The van der Waals surface area contributed by atoms with Crippen LogP contribution in [0.15, 0.2) is 9.47 Å². The molecule has 5 heteroatoms. The highest BCUT2D eigenvalue weighted by molar-refractivity contribution is 9.28. The molecule has 0 unspecified atom stereocenters. The fourth-order valence-electron chi connectivity index (χ4n) is 1.74. The van der Waals surface area contributed by atoms with Gasteiger partial charge >= 0.3 is 0 Å². The van der Waals surface area contributed by atoms with Crippen molar-refractivity contribution in [2.75, 3.05) is 6.61 Å². The molecule has 1 saturated heterocycles.